The van der Waals surface area contributed by atoms with Crippen LogP contribution in [0.15, 0.2) is 55.2 Å². The van der Waals surface area contributed by atoms with Crippen LogP contribution in [-0.4, -0.2) is 9.97 Å². The number of anilines is 1. The van der Waals surface area contributed by atoms with Gasteiger partial charge >= 0.3 is 0 Å². The standard InChI is InChI=1S/C25H31N3.C4H10/c1-5-19-8-7-9-22(24(19)26)20-13-10-18(11-14-20)12-15-23-27-17-21(28-23)16-25(3,4)6-2;1-3-4-2/h5,7-11,13-14,17H,1,6,12,15-16,26H2,2-4H3,(H,27,28);3-4H2,1-2H3. The first kappa shape index (κ1) is 25.5. The molecule has 0 atom stereocenters. The zero-order chi connectivity index (χ0) is 23.6. The van der Waals surface area contributed by atoms with Gasteiger partial charge in [-0.3, -0.25) is 0 Å². The number of imidazole rings is 1. The number of nitrogens with two attached hydrogens (primary N) is 1. The quantitative estimate of drug-likeness (QED) is 0.339. The molecule has 0 saturated heterocycles. The molecule has 0 radical (unpaired) electrons. The van der Waals surface area contributed by atoms with E-state index >= 15 is 0 Å². The smallest absolute Gasteiger partial charge is 0.106 e. The van der Waals surface area contributed by atoms with E-state index in [1.165, 1.54) is 24.1 Å². The lowest BCUT2D eigenvalue weighted by atomic mass is 9.85. The number of aromatic nitrogens is 2. The van der Waals surface area contributed by atoms with Gasteiger partial charge < -0.3 is 10.7 Å². The van der Waals surface area contributed by atoms with Crippen LogP contribution in [0.2, 0.25) is 0 Å². The summed E-state index contributed by atoms with van der Waals surface area (Å²) in [6.45, 7) is 15.0. The summed E-state index contributed by atoms with van der Waals surface area (Å²) < 4.78 is 0. The molecule has 172 valence electrons. The average Bonchev–Trinajstić information content (AvgIpc) is 3.25. The lowest BCUT2D eigenvalue weighted by Gasteiger charge is -2.21. The molecule has 3 N–H and O–H groups in total. The third kappa shape index (κ3) is 7.40. The number of nitrogens with one attached hydrogen (secondary N) is 1. The van der Waals surface area contributed by atoms with Gasteiger partial charge in [-0.1, -0.05) is 109 Å². The van der Waals surface area contributed by atoms with Crippen LogP contribution in [-0.2, 0) is 19.3 Å². The molecule has 3 heteroatoms. The molecule has 1 aromatic heterocycles. The third-order valence-corrected chi connectivity index (χ3v) is 6.08. The summed E-state index contributed by atoms with van der Waals surface area (Å²) in [7, 11) is 0. The first-order valence-corrected chi connectivity index (χ1v) is 12.0. The number of hydrogen-bond donors (Lipinski definition) is 2. The molecular formula is C29H41N3. The number of nitrogens with zero attached hydrogens (tertiary/aromatic N) is 1. The van der Waals surface area contributed by atoms with Crippen molar-refractivity contribution in [1.29, 1.82) is 0 Å². The van der Waals surface area contributed by atoms with E-state index in [0.717, 1.165) is 53.9 Å². The van der Waals surface area contributed by atoms with E-state index in [0.29, 0.717) is 5.41 Å². The Bertz CT molecular complexity index is 962. The Hall–Kier alpha value is -2.81. The number of unbranched alkanes of at least 4 members (excludes halogenated alkanes) is 1. The molecular weight excluding hydrogens is 390 g/mol. The Balaban J connectivity index is 0.000000837. The SMILES string of the molecule is C=Cc1cccc(-c2ccc(CCc3ncc(CC(C)(C)CC)[nH]3)cc2)c1N.CCCC. The molecule has 3 nitrogen and oxygen atoms in total. The number of aryl methyl sites for hydroxylation is 2. The fourth-order valence-corrected chi connectivity index (χ4v) is 3.39. The van der Waals surface area contributed by atoms with Crippen molar-refractivity contribution in [3.8, 4) is 11.1 Å². The highest BCUT2D eigenvalue weighted by atomic mass is 14.9. The van der Waals surface area contributed by atoms with Gasteiger partial charge in [-0.05, 0) is 34.9 Å². The lowest BCUT2D eigenvalue weighted by Crippen LogP contribution is -2.13. The minimum Gasteiger partial charge on any atom is -0.398 e. The van der Waals surface area contributed by atoms with Crippen molar-refractivity contribution in [3.63, 3.8) is 0 Å². The van der Waals surface area contributed by atoms with Crippen molar-refractivity contribution in [2.45, 2.75) is 73.1 Å². The highest BCUT2D eigenvalue weighted by molar-refractivity contribution is 5.82. The number of hydrogen-bond acceptors (Lipinski definition) is 2. The van der Waals surface area contributed by atoms with Crippen LogP contribution in [0.25, 0.3) is 17.2 Å². The molecule has 0 bridgehead atoms. The van der Waals surface area contributed by atoms with Gasteiger partial charge in [0.25, 0.3) is 0 Å². The molecule has 0 fully saturated rings. The summed E-state index contributed by atoms with van der Waals surface area (Å²) >= 11 is 0. The summed E-state index contributed by atoms with van der Waals surface area (Å²) in [5.74, 6) is 1.06. The van der Waals surface area contributed by atoms with Crippen LogP contribution >= 0.6 is 0 Å². The molecule has 0 aliphatic heterocycles. The van der Waals surface area contributed by atoms with Crippen LogP contribution < -0.4 is 5.73 Å². The average molecular weight is 432 g/mol. The van der Waals surface area contributed by atoms with Crippen LogP contribution in [0.4, 0.5) is 5.69 Å². The number of para-hydroxylation sites is 1. The fraction of sp³-hybridized carbons (Fsp3) is 0.414. The van der Waals surface area contributed by atoms with E-state index < -0.39 is 0 Å². The number of rotatable bonds is 9. The molecule has 3 rings (SSSR count). The van der Waals surface area contributed by atoms with Gasteiger partial charge in [0.05, 0.1) is 0 Å². The fourth-order valence-electron chi connectivity index (χ4n) is 3.39. The topological polar surface area (TPSA) is 54.7 Å². The zero-order valence-corrected chi connectivity index (χ0v) is 20.7. The maximum Gasteiger partial charge on any atom is 0.106 e. The van der Waals surface area contributed by atoms with Gasteiger partial charge in [0.2, 0.25) is 0 Å². The maximum atomic E-state index is 6.27. The van der Waals surface area contributed by atoms with Gasteiger partial charge in [-0.15, -0.1) is 0 Å². The van der Waals surface area contributed by atoms with Crippen LogP contribution in [0, 0.1) is 5.41 Å². The first-order valence-electron chi connectivity index (χ1n) is 12.0. The second kappa shape index (κ2) is 12.3. The van der Waals surface area contributed by atoms with Gasteiger partial charge in [0.15, 0.2) is 0 Å². The van der Waals surface area contributed by atoms with Crippen LogP contribution in [0.1, 0.15) is 76.5 Å². The van der Waals surface area contributed by atoms with Crippen molar-refractivity contribution >= 4 is 11.8 Å². The second-order valence-electron chi connectivity index (χ2n) is 9.26. The summed E-state index contributed by atoms with van der Waals surface area (Å²) in [5.41, 5.74) is 13.1. The number of aromatic amines is 1. The van der Waals surface area contributed by atoms with E-state index in [9.17, 15) is 0 Å². The van der Waals surface area contributed by atoms with Gasteiger partial charge in [0.1, 0.15) is 5.82 Å². The predicted octanol–water partition coefficient (Wildman–Crippen LogP) is 7.87. The number of H-pyrrole nitrogens is 1. The Morgan fingerprint density at radius 2 is 1.69 bits per heavy atom. The van der Waals surface area contributed by atoms with Crippen molar-refractivity contribution < 1.29 is 0 Å². The molecule has 0 amide bonds. The van der Waals surface area contributed by atoms with E-state index in [1.807, 2.05) is 18.3 Å². The van der Waals surface area contributed by atoms with E-state index in [1.54, 1.807) is 6.08 Å². The molecule has 0 unspecified atom stereocenters. The molecule has 1 heterocycles. The highest BCUT2D eigenvalue weighted by Gasteiger charge is 2.17. The van der Waals surface area contributed by atoms with E-state index in [-0.39, 0.29) is 0 Å². The zero-order valence-electron chi connectivity index (χ0n) is 20.7. The van der Waals surface area contributed by atoms with Crippen molar-refractivity contribution in [2.75, 3.05) is 5.73 Å². The van der Waals surface area contributed by atoms with Crippen molar-refractivity contribution in [2.24, 2.45) is 5.41 Å². The molecule has 2 aromatic carbocycles. The highest BCUT2D eigenvalue weighted by Crippen LogP contribution is 2.29. The second-order valence-corrected chi connectivity index (χ2v) is 9.26. The van der Waals surface area contributed by atoms with E-state index in [4.69, 9.17) is 5.73 Å². The van der Waals surface area contributed by atoms with Gasteiger partial charge in [0, 0.05) is 29.6 Å². The normalized spacial score (nSPS) is 11.0. The van der Waals surface area contributed by atoms with Gasteiger partial charge in [-0.2, -0.15) is 0 Å². The molecule has 0 aliphatic carbocycles. The lowest BCUT2D eigenvalue weighted by molar-refractivity contribution is 0.346. The Labute approximate surface area is 195 Å². The first-order chi connectivity index (χ1) is 15.3. The van der Waals surface area contributed by atoms with Gasteiger partial charge in [-0.25, -0.2) is 4.98 Å². The van der Waals surface area contributed by atoms with Crippen molar-refractivity contribution in [3.05, 3.63) is 77.9 Å². The Morgan fingerprint density at radius 3 is 2.28 bits per heavy atom. The molecule has 32 heavy (non-hydrogen) atoms. The van der Waals surface area contributed by atoms with Crippen molar-refractivity contribution in [1.82, 2.24) is 9.97 Å². The molecule has 0 aliphatic rings. The molecule has 3 aromatic rings. The number of nitrogen functional groups attached to an aromatic ring is 1. The summed E-state index contributed by atoms with van der Waals surface area (Å²) in [6, 6.07) is 14.7. The predicted molar refractivity (Wildman–Crippen MR) is 141 cm³/mol. The third-order valence-electron chi connectivity index (χ3n) is 6.08. The molecule has 0 saturated carbocycles. The minimum absolute atomic E-state index is 0.310. The van der Waals surface area contributed by atoms with Crippen LogP contribution in [0.5, 0.6) is 0 Å². The van der Waals surface area contributed by atoms with Crippen LogP contribution in [0.3, 0.4) is 0 Å². The maximum absolute atomic E-state index is 6.27. The largest absolute Gasteiger partial charge is 0.398 e. The Kier molecular flexibility index (Phi) is 9.77. The summed E-state index contributed by atoms with van der Waals surface area (Å²) in [5, 5.41) is 0. The minimum atomic E-state index is 0.310. The summed E-state index contributed by atoms with van der Waals surface area (Å²) in [4.78, 5) is 8.06. The molecule has 0 spiro atoms. The monoisotopic (exact) mass is 431 g/mol. The summed E-state index contributed by atoms with van der Waals surface area (Å²) in [6.07, 6.45) is 10.5. The number of benzene rings is 2. The Morgan fingerprint density at radius 1 is 1.00 bits per heavy atom. The van der Waals surface area contributed by atoms with E-state index in [2.05, 4.69) is 81.5 Å².